The summed E-state index contributed by atoms with van der Waals surface area (Å²) in [6.45, 7) is 1.73. The second-order valence-electron chi connectivity index (χ2n) is 9.27. The maximum atomic E-state index is 13.5. The zero-order valence-corrected chi connectivity index (χ0v) is 19.5. The summed E-state index contributed by atoms with van der Waals surface area (Å²) in [7, 11) is 0. The molecule has 0 aliphatic carbocycles. The van der Waals surface area contributed by atoms with Gasteiger partial charge in [0.25, 0.3) is 11.8 Å². The molecule has 0 saturated carbocycles. The van der Waals surface area contributed by atoms with Gasteiger partial charge >= 0.3 is 0 Å². The number of nitrogens with zero attached hydrogens (tertiary/aromatic N) is 2. The molecule has 2 aliphatic rings. The smallest absolute Gasteiger partial charge is 0.269 e. The number of piperidine rings is 1. The number of likely N-dealkylation sites (tertiary alicyclic amines) is 1. The van der Waals surface area contributed by atoms with Crippen molar-refractivity contribution in [3.63, 3.8) is 0 Å². The molecule has 0 radical (unpaired) electrons. The molecule has 7 heteroatoms. The predicted octanol–water partition coefficient (Wildman–Crippen LogP) is 4.47. The van der Waals surface area contributed by atoms with Gasteiger partial charge in [-0.1, -0.05) is 30.3 Å². The van der Waals surface area contributed by atoms with Crippen LogP contribution in [0.15, 0.2) is 72.9 Å². The van der Waals surface area contributed by atoms with E-state index in [1.54, 1.807) is 42.6 Å². The van der Waals surface area contributed by atoms with E-state index in [0.29, 0.717) is 30.9 Å². The molecule has 2 saturated heterocycles. The third-order valence-electron chi connectivity index (χ3n) is 6.98. The fourth-order valence-corrected chi connectivity index (χ4v) is 4.97. The molecule has 3 aromatic rings. The molecule has 1 N–H and O–H groups in total. The molecule has 1 atom stereocenters. The summed E-state index contributed by atoms with van der Waals surface area (Å²) in [5.74, 6) is -0.473. The summed E-state index contributed by atoms with van der Waals surface area (Å²) in [4.78, 5) is 31.3. The van der Waals surface area contributed by atoms with Crippen molar-refractivity contribution in [3.8, 4) is 11.1 Å². The van der Waals surface area contributed by atoms with Crippen LogP contribution in [0.4, 0.5) is 4.39 Å². The Hall–Kier alpha value is -3.58. The minimum atomic E-state index is -0.281. The largest absolute Gasteiger partial charge is 0.370 e. The van der Waals surface area contributed by atoms with Gasteiger partial charge in [-0.15, -0.1) is 0 Å². The zero-order valence-electron chi connectivity index (χ0n) is 19.5. The molecule has 35 heavy (non-hydrogen) atoms. The third-order valence-corrected chi connectivity index (χ3v) is 6.98. The van der Waals surface area contributed by atoms with Gasteiger partial charge in [-0.25, -0.2) is 4.39 Å². The molecule has 3 heterocycles. The second-order valence-corrected chi connectivity index (χ2v) is 9.27. The molecule has 180 valence electrons. The van der Waals surface area contributed by atoms with Gasteiger partial charge in [-0.05, 0) is 73.2 Å². The lowest BCUT2D eigenvalue weighted by Gasteiger charge is -2.39. The monoisotopic (exact) mass is 473 g/mol. The van der Waals surface area contributed by atoms with Gasteiger partial charge in [0, 0.05) is 31.4 Å². The van der Waals surface area contributed by atoms with Crippen LogP contribution >= 0.6 is 0 Å². The molecule has 6 nitrogen and oxygen atoms in total. The number of amides is 2. The highest BCUT2D eigenvalue weighted by Gasteiger charge is 2.43. The number of carbonyl (C=O) groups excluding carboxylic acids is 2. The van der Waals surface area contributed by atoms with Gasteiger partial charge < -0.3 is 15.0 Å². The van der Waals surface area contributed by atoms with Crippen molar-refractivity contribution in [2.24, 2.45) is 0 Å². The number of carbonyl (C=O) groups is 2. The van der Waals surface area contributed by atoms with Crippen molar-refractivity contribution >= 4 is 11.8 Å². The van der Waals surface area contributed by atoms with E-state index in [4.69, 9.17) is 4.74 Å². The Morgan fingerprint density at radius 2 is 1.80 bits per heavy atom. The summed E-state index contributed by atoms with van der Waals surface area (Å²) in [6, 6.07) is 19.0. The van der Waals surface area contributed by atoms with Crippen LogP contribution in [0.5, 0.6) is 0 Å². The predicted molar refractivity (Wildman–Crippen MR) is 130 cm³/mol. The van der Waals surface area contributed by atoms with Gasteiger partial charge in [-0.3, -0.25) is 14.6 Å². The number of ether oxygens (including phenoxy) is 1. The second kappa shape index (κ2) is 9.96. The van der Waals surface area contributed by atoms with Crippen molar-refractivity contribution < 1.29 is 18.7 Å². The van der Waals surface area contributed by atoms with Gasteiger partial charge in [0.1, 0.15) is 11.5 Å². The number of halogens is 1. The molecule has 2 amide bonds. The van der Waals surface area contributed by atoms with E-state index in [-0.39, 0.29) is 29.3 Å². The average molecular weight is 474 g/mol. The number of aromatic nitrogens is 1. The SMILES string of the molecule is O=C(NCC1CCC2(CCN(C(=O)c3ccc(-c4cccc(F)c4)cc3)CC2)O1)c1ccccn1. The quantitative estimate of drug-likeness (QED) is 0.594. The Kier molecular flexibility index (Phi) is 6.59. The van der Waals surface area contributed by atoms with E-state index in [1.165, 1.54) is 12.1 Å². The Morgan fingerprint density at radius 3 is 2.51 bits per heavy atom. The molecular formula is C28H28FN3O3. The Morgan fingerprint density at radius 1 is 1.00 bits per heavy atom. The van der Waals surface area contributed by atoms with E-state index < -0.39 is 0 Å². The van der Waals surface area contributed by atoms with Crippen LogP contribution in [-0.4, -0.2) is 53.0 Å². The highest BCUT2D eigenvalue weighted by atomic mass is 19.1. The Balaban J connectivity index is 1.12. The molecular weight excluding hydrogens is 445 g/mol. The van der Waals surface area contributed by atoms with E-state index >= 15 is 0 Å². The summed E-state index contributed by atoms with van der Waals surface area (Å²) in [5, 5.41) is 2.92. The van der Waals surface area contributed by atoms with E-state index in [9.17, 15) is 14.0 Å². The lowest BCUT2D eigenvalue weighted by atomic mass is 9.88. The molecule has 2 aromatic carbocycles. The molecule has 0 bridgehead atoms. The lowest BCUT2D eigenvalue weighted by Crippen LogP contribution is -2.47. The minimum absolute atomic E-state index is 0.00261. The highest BCUT2D eigenvalue weighted by Crippen LogP contribution is 2.39. The van der Waals surface area contributed by atoms with Crippen LogP contribution in [0.3, 0.4) is 0 Å². The number of nitrogens with one attached hydrogen (secondary N) is 1. The fraction of sp³-hybridized carbons (Fsp3) is 0.321. The summed E-state index contributed by atoms with van der Waals surface area (Å²) >= 11 is 0. The van der Waals surface area contributed by atoms with Crippen molar-refractivity contribution in [2.75, 3.05) is 19.6 Å². The van der Waals surface area contributed by atoms with E-state index in [2.05, 4.69) is 10.3 Å². The van der Waals surface area contributed by atoms with E-state index in [1.807, 2.05) is 23.1 Å². The van der Waals surface area contributed by atoms with Gasteiger partial charge in [0.2, 0.25) is 0 Å². The van der Waals surface area contributed by atoms with Crippen molar-refractivity contribution in [3.05, 3.63) is 90.0 Å². The zero-order chi connectivity index (χ0) is 24.3. The van der Waals surface area contributed by atoms with Gasteiger partial charge in [-0.2, -0.15) is 0 Å². The lowest BCUT2D eigenvalue weighted by molar-refractivity contribution is -0.0712. The summed E-state index contributed by atoms with van der Waals surface area (Å²) < 4.78 is 19.9. The topological polar surface area (TPSA) is 71.5 Å². The van der Waals surface area contributed by atoms with Crippen LogP contribution in [0, 0.1) is 5.82 Å². The number of pyridine rings is 1. The summed E-state index contributed by atoms with van der Waals surface area (Å²) in [5.41, 5.74) is 2.46. The fourth-order valence-electron chi connectivity index (χ4n) is 4.97. The first-order chi connectivity index (χ1) is 17.0. The number of hydrogen-bond donors (Lipinski definition) is 1. The average Bonchev–Trinajstić information content (AvgIpc) is 3.30. The Labute approximate surface area is 204 Å². The maximum absolute atomic E-state index is 13.5. The first-order valence-electron chi connectivity index (χ1n) is 12.0. The Bertz CT molecular complexity index is 1190. The number of hydrogen-bond acceptors (Lipinski definition) is 4. The van der Waals surface area contributed by atoms with Crippen LogP contribution < -0.4 is 5.32 Å². The first-order valence-corrected chi connectivity index (χ1v) is 12.0. The molecule has 2 fully saturated rings. The van der Waals surface area contributed by atoms with Crippen LogP contribution in [0.2, 0.25) is 0 Å². The molecule has 2 aliphatic heterocycles. The number of rotatable bonds is 5. The molecule has 1 spiro atoms. The highest BCUT2D eigenvalue weighted by molar-refractivity contribution is 5.95. The van der Waals surface area contributed by atoms with E-state index in [0.717, 1.165) is 36.8 Å². The summed E-state index contributed by atoms with van der Waals surface area (Å²) in [6.07, 6.45) is 4.96. The minimum Gasteiger partial charge on any atom is -0.370 e. The van der Waals surface area contributed by atoms with Gasteiger partial charge in [0.05, 0.1) is 11.7 Å². The van der Waals surface area contributed by atoms with Crippen LogP contribution in [-0.2, 0) is 4.74 Å². The van der Waals surface area contributed by atoms with Crippen molar-refractivity contribution in [1.29, 1.82) is 0 Å². The normalized spacial score (nSPS) is 19.0. The number of benzene rings is 2. The van der Waals surface area contributed by atoms with Crippen LogP contribution in [0.1, 0.15) is 46.5 Å². The standard InChI is InChI=1S/C28H28FN3O3/c29-23-5-3-4-22(18-23)20-7-9-21(10-8-20)27(34)32-16-13-28(14-17-32)12-11-24(35-28)19-31-26(33)25-6-1-2-15-30-25/h1-10,15,18,24H,11-14,16-17,19H2,(H,31,33). The van der Waals surface area contributed by atoms with Crippen molar-refractivity contribution in [1.82, 2.24) is 15.2 Å². The van der Waals surface area contributed by atoms with Crippen LogP contribution in [0.25, 0.3) is 11.1 Å². The van der Waals surface area contributed by atoms with Gasteiger partial charge in [0.15, 0.2) is 0 Å². The molecule has 1 unspecified atom stereocenters. The molecule has 5 rings (SSSR count). The van der Waals surface area contributed by atoms with Crippen molar-refractivity contribution in [2.45, 2.75) is 37.4 Å². The maximum Gasteiger partial charge on any atom is 0.269 e. The third kappa shape index (κ3) is 5.25. The molecule has 1 aromatic heterocycles. The first kappa shape index (κ1) is 23.2.